The van der Waals surface area contributed by atoms with E-state index in [0.717, 1.165) is 19.1 Å². The van der Waals surface area contributed by atoms with E-state index < -0.39 is 10.1 Å². The average Bonchev–Trinajstić information content (AvgIpc) is 2.30. The lowest BCUT2D eigenvalue weighted by molar-refractivity contribution is 0.106. The SMILES string of the molecule is C=C1CCC(COS(C)(=O)=O)O1. The highest BCUT2D eigenvalue weighted by Gasteiger charge is 2.20. The second-order valence-electron chi connectivity index (χ2n) is 2.81. The van der Waals surface area contributed by atoms with Crippen molar-refractivity contribution >= 4 is 10.1 Å². The van der Waals surface area contributed by atoms with Gasteiger partial charge in [0.1, 0.15) is 12.7 Å². The Morgan fingerprint density at radius 1 is 1.75 bits per heavy atom. The van der Waals surface area contributed by atoms with Crippen molar-refractivity contribution in [2.24, 2.45) is 0 Å². The maximum atomic E-state index is 10.6. The van der Waals surface area contributed by atoms with Gasteiger partial charge in [0.25, 0.3) is 10.1 Å². The highest BCUT2D eigenvalue weighted by Crippen LogP contribution is 2.21. The molecule has 0 spiro atoms. The lowest BCUT2D eigenvalue weighted by atomic mass is 10.2. The molecule has 0 aromatic heterocycles. The third kappa shape index (κ3) is 3.23. The van der Waals surface area contributed by atoms with Crippen LogP contribution in [-0.2, 0) is 19.0 Å². The minimum Gasteiger partial charge on any atom is -0.493 e. The predicted molar refractivity (Wildman–Crippen MR) is 44.0 cm³/mol. The topological polar surface area (TPSA) is 52.6 Å². The van der Waals surface area contributed by atoms with Crippen molar-refractivity contribution in [2.45, 2.75) is 18.9 Å². The van der Waals surface area contributed by atoms with Gasteiger partial charge in [0, 0.05) is 6.42 Å². The molecule has 0 N–H and O–H groups in total. The molecule has 1 saturated heterocycles. The van der Waals surface area contributed by atoms with Gasteiger partial charge in [-0.15, -0.1) is 0 Å². The Bertz CT molecular complexity index is 267. The van der Waals surface area contributed by atoms with Gasteiger partial charge in [0.15, 0.2) is 0 Å². The van der Waals surface area contributed by atoms with Gasteiger partial charge < -0.3 is 4.74 Å². The summed E-state index contributed by atoms with van der Waals surface area (Å²) in [6.45, 7) is 3.72. The predicted octanol–water partition coefficient (Wildman–Crippen LogP) is 0.655. The molecular formula is C7H12O4S. The van der Waals surface area contributed by atoms with Gasteiger partial charge in [0.05, 0.1) is 12.0 Å². The minimum absolute atomic E-state index is 0.0951. The van der Waals surface area contributed by atoms with Crippen molar-refractivity contribution in [3.05, 3.63) is 12.3 Å². The molecule has 12 heavy (non-hydrogen) atoms. The molecule has 1 heterocycles. The summed E-state index contributed by atoms with van der Waals surface area (Å²) in [6.07, 6.45) is 2.45. The van der Waals surface area contributed by atoms with Crippen molar-refractivity contribution in [3.63, 3.8) is 0 Å². The van der Waals surface area contributed by atoms with Crippen molar-refractivity contribution in [2.75, 3.05) is 12.9 Å². The Balaban J connectivity index is 2.30. The van der Waals surface area contributed by atoms with Crippen LogP contribution < -0.4 is 0 Å². The monoisotopic (exact) mass is 192 g/mol. The molecule has 1 aliphatic heterocycles. The Kier molecular flexibility index (Phi) is 2.74. The summed E-state index contributed by atoms with van der Waals surface area (Å²) in [7, 11) is -3.34. The summed E-state index contributed by atoms with van der Waals surface area (Å²) >= 11 is 0. The zero-order valence-electron chi connectivity index (χ0n) is 6.95. The quantitative estimate of drug-likeness (QED) is 0.616. The molecule has 0 bridgehead atoms. The third-order valence-electron chi connectivity index (χ3n) is 1.55. The van der Waals surface area contributed by atoms with Crippen LogP contribution >= 0.6 is 0 Å². The fourth-order valence-corrected chi connectivity index (χ4v) is 1.39. The summed E-state index contributed by atoms with van der Waals surface area (Å²) in [5, 5.41) is 0. The van der Waals surface area contributed by atoms with Crippen LogP contribution in [0.2, 0.25) is 0 Å². The number of hydrogen-bond acceptors (Lipinski definition) is 4. The van der Waals surface area contributed by atoms with Crippen LogP contribution in [0, 0.1) is 0 Å². The van der Waals surface area contributed by atoms with E-state index in [0.29, 0.717) is 5.76 Å². The molecule has 5 heteroatoms. The van der Waals surface area contributed by atoms with E-state index in [1.807, 2.05) is 0 Å². The van der Waals surface area contributed by atoms with E-state index in [1.165, 1.54) is 0 Å². The molecule has 0 amide bonds. The molecule has 1 rings (SSSR count). The summed E-state index contributed by atoms with van der Waals surface area (Å²) in [6, 6.07) is 0. The van der Waals surface area contributed by atoms with E-state index in [-0.39, 0.29) is 12.7 Å². The molecule has 1 unspecified atom stereocenters. The minimum atomic E-state index is -3.34. The summed E-state index contributed by atoms with van der Waals surface area (Å²) < 4.78 is 30.9. The zero-order valence-corrected chi connectivity index (χ0v) is 7.76. The van der Waals surface area contributed by atoms with Crippen LogP contribution in [0.3, 0.4) is 0 Å². The molecule has 0 aliphatic carbocycles. The summed E-state index contributed by atoms with van der Waals surface area (Å²) in [5.41, 5.74) is 0. The van der Waals surface area contributed by atoms with Gasteiger partial charge in [-0.25, -0.2) is 0 Å². The van der Waals surface area contributed by atoms with E-state index in [2.05, 4.69) is 10.8 Å². The molecule has 0 aromatic carbocycles. The highest BCUT2D eigenvalue weighted by molar-refractivity contribution is 7.85. The van der Waals surface area contributed by atoms with E-state index in [4.69, 9.17) is 4.74 Å². The van der Waals surface area contributed by atoms with Gasteiger partial charge >= 0.3 is 0 Å². The van der Waals surface area contributed by atoms with E-state index >= 15 is 0 Å². The van der Waals surface area contributed by atoms with E-state index in [9.17, 15) is 8.42 Å². The maximum Gasteiger partial charge on any atom is 0.264 e. The van der Waals surface area contributed by atoms with E-state index in [1.54, 1.807) is 0 Å². The second kappa shape index (κ2) is 3.45. The molecule has 1 atom stereocenters. The van der Waals surface area contributed by atoms with Crippen LogP contribution in [0.25, 0.3) is 0 Å². The first kappa shape index (κ1) is 9.54. The molecule has 70 valence electrons. The van der Waals surface area contributed by atoms with Gasteiger partial charge in [-0.2, -0.15) is 8.42 Å². The summed E-state index contributed by atoms with van der Waals surface area (Å²) in [5.74, 6) is 0.706. The number of allylic oxidation sites excluding steroid dienone is 1. The van der Waals surface area contributed by atoms with Crippen molar-refractivity contribution < 1.29 is 17.3 Å². The van der Waals surface area contributed by atoms with Crippen LogP contribution in [0.1, 0.15) is 12.8 Å². The number of rotatable bonds is 3. The van der Waals surface area contributed by atoms with Crippen molar-refractivity contribution in [1.29, 1.82) is 0 Å². The maximum absolute atomic E-state index is 10.6. The fraction of sp³-hybridized carbons (Fsp3) is 0.714. The first-order valence-electron chi connectivity index (χ1n) is 3.66. The van der Waals surface area contributed by atoms with Crippen molar-refractivity contribution in [3.8, 4) is 0 Å². The van der Waals surface area contributed by atoms with Gasteiger partial charge in [-0.3, -0.25) is 4.18 Å². The molecule has 0 saturated carbocycles. The Morgan fingerprint density at radius 3 is 2.83 bits per heavy atom. The Hall–Kier alpha value is -0.550. The van der Waals surface area contributed by atoms with Gasteiger partial charge in [0.2, 0.25) is 0 Å². The number of hydrogen-bond donors (Lipinski definition) is 0. The Labute approximate surface area is 72.3 Å². The normalized spacial score (nSPS) is 24.1. The van der Waals surface area contributed by atoms with Gasteiger partial charge in [-0.05, 0) is 6.42 Å². The fourth-order valence-electron chi connectivity index (χ4n) is 0.992. The first-order chi connectivity index (χ1) is 5.47. The zero-order chi connectivity index (χ0) is 9.19. The van der Waals surface area contributed by atoms with Crippen LogP contribution in [0.4, 0.5) is 0 Å². The lowest BCUT2D eigenvalue weighted by Crippen LogP contribution is -2.16. The first-order valence-corrected chi connectivity index (χ1v) is 5.48. The highest BCUT2D eigenvalue weighted by atomic mass is 32.2. The lowest BCUT2D eigenvalue weighted by Gasteiger charge is -2.08. The molecule has 1 fully saturated rings. The standard InChI is InChI=1S/C7H12O4S/c1-6-3-4-7(11-6)5-10-12(2,8)9/h7H,1,3-5H2,2H3. The molecule has 4 nitrogen and oxygen atoms in total. The van der Waals surface area contributed by atoms with Gasteiger partial charge in [-0.1, -0.05) is 6.58 Å². The average molecular weight is 192 g/mol. The molecule has 0 aromatic rings. The second-order valence-corrected chi connectivity index (χ2v) is 4.45. The van der Waals surface area contributed by atoms with Crippen LogP contribution in [0.15, 0.2) is 12.3 Å². The number of ether oxygens (including phenoxy) is 1. The molecule has 1 aliphatic rings. The largest absolute Gasteiger partial charge is 0.493 e. The molecule has 0 radical (unpaired) electrons. The summed E-state index contributed by atoms with van der Waals surface area (Å²) in [4.78, 5) is 0. The van der Waals surface area contributed by atoms with Crippen molar-refractivity contribution in [1.82, 2.24) is 0 Å². The third-order valence-corrected chi connectivity index (χ3v) is 2.11. The molecular weight excluding hydrogens is 180 g/mol. The van der Waals surface area contributed by atoms with Crippen LogP contribution in [0.5, 0.6) is 0 Å². The Morgan fingerprint density at radius 2 is 2.42 bits per heavy atom. The van der Waals surface area contributed by atoms with Crippen LogP contribution in [-0.4, -0.2) is 27.4 Å². The smallest absolute Gasteiger partial charge is 0.264 e.